The minimum absolute atomic E-state index is 0.0137. The molecule has 1 saturated heterocycles. The van der Waals surface area contributed by atoms with E-state index in [0.717, 1.165) is 31.2 Å². The first-order chi connectivity index (χ1) is 20.0. The Morgan fingerprint density at radius 2 is 1.80 bits per heavy atom. The summed E-state index contributed by atoms with van der Waals surface area (Å²) in [7, 11) is 0. The zero-order valence-corrected chi connectivity index (χ0v) is 24.1. The average Bonchev–Trinajstić information content (AvgIpc) is 3.43. The van der Waals surface area contributed by atoms with Crippen LogP contribution in [0.5, 0.6) is 0 Å². The van der Waals surface area contributed by atoms with E-state index in [2.05, 4.69) is 16.7 Å². The van der Waals surface area contributed by atoms with Crippen LogP contribution < -0.4 is 10.6 Å². The van der Waals surface area contributed by atoms with Gasteiger partial charge < -0.3 is 30.0 Å². The van der Waals surface area contributed by atoms with Crippen molar-refractivity contribution in [3.63, 3.8) is 0 Å². The molecule has 11 heteroatoms. The molecular weight excluding hydrogens is 562 g/mol. The third-order valence-electron chi connectivity index (χ3n) is 6.42. The number of thioether (sulfide) groups is 1. The van der Waals surface area contributed by atoms with E-state index in [-0.39, 0.29) is 32.0 Å². The lowest BCUT2D eigenvalue weighted by Crippen LogP contribution is -2.34. The molecule has 0 bridgehead atoms. The van der Waals surface area contributed by atoms with E-state index >= 15 is 0 Å². The molecule has 1 aliphatic heterocycles. The highest BCUT2D eigenvalue weighted by Gasteiger charge is 2.32. The zero-order chi connectivity index (χ0) is 28.6. The normalized spacial score (nSPS) is 18.6. The predicted molar refractivity (Wildman–Crippen MR) is 159 cm³/mol. The quantitative estimate of drug-likeness (QED) is 0.156. The van der Waals surface area contributed by atoms with Crippen molar-refractivity contribution in [2.45, 2.75) is 42.8 Å². The highest BCUT2D eigenvalue weighted by atomic mass is 32.2. The van der Waals surface area contributed by atoms with E-state index in [0.29, 0.717) is 17.9 Å². The first-order valence-electron chi connectivity index (χ1n) is 13.3. The number of ether oxygens (including phenoxy) is 3. The molecule has 5 rings (SSSR count). The summed E-state index contributed by atoms with van der Waals surface area (Å²) < 4.78 is 19.8. The number of carbonyl (C=O) groups excluding carboxylic acids is 2. The third kappa shape index (κ3) is 7.84. The average molecular weight is 594 g/mol. The standard InChI is InChI=1S/C30H31N3O6S2/c1-2-37-27(35)16-31-29(36)32-22-13-11-21(12-14-22)28-38-23(15-25(39-28)20-9-7-19(17-34)8-10-20)18-40-30-33-24-5-3-4-6-26(24)41-30/h3-14,23,25,28,34H,2,15-18H2,1H3,(H2,31,32,36)/t23-,25+,28+/m0/s1. The highest BCUT2D eigenvalue weighted by molar-refractivity contribution is 8.01. The van der Waals surface area contributed by atoms with Gasteiger partial charge in [-0.15, -0.1) is 11.3 Å². The second-order valence-electron chi connectivity index (χ2n) is 9.34. The smallest absolute Gasteiger partial charge is 0.325 e. The van der Waals surface area contributed by atoms with Crippen molar-refractivity contribution in [2.75, 3.05) is 24.2 Å². The number of anilines is 1. The Labute approximate surface area is 246 Å². The summed E-state index contributed by atoms with van der Waals surface area (Å²) in [4.78, 5) is 28.3. The lowest BCUT2D eigenvalue weighted by molar-refractivity contribution is -0.245. The summed E-state index contributed by atoms with van der Waals surface area (Å²) in [6, 6.07) is 22.6. The topological polar surface area (TPSA) is 119 Å². The molecule has 0 saturated carbocycles. The molecule has 0 radical (unpaired) electrons. The SMILES string of the molecule is CCOC(=O)CNC(=O)Nc1ccc([C@@H]2O[C@H](CSc3nc4ccccc4s3)C[C@H](c3ccc(CO)cc3)O2)cc1. The van der Waals surface area contributed by atoms with Gasteiger partial charge in [0.05, 0.1) is 35.6 Å². The summed E-state index contributed by atoms with van der Waals surface area (Å²) >= 11 is 3.35. The van der Waals surface area contributed by atoms with Crippen LogP contribution in [0.3, 0.4) is 0 Å². The maximum absolute atomic E-state index is 12.1. The predicted octanol–water partition coefficient (Wildman–Crippen LogP) is 5.81. The lowest BCUT2D eigenvalue weighted by atomic mass is 10.0. The molecule has 1 aliphatic rings. The van der Waals surface area contributed by atoms with Crippen LogP contribution in [0.2, 0.25) is 0 Å². The lowest BCUT2D eigenvalue weighted by Gasteiger charge is -2.36. The zero-order valence-electron chi connectivity index (χ0n) is 22.4. The molecule has 0 spiro atoms. The first-order valence-corrected chi connectivity index (χ1v) is 15.1. The molecule has 2 heterocycles. The fourth-order valence-electron chi connectivity index (χ4n) is 4.36. The second kappa shape index (κ2) is 13.9. The number of benzene rings is 3. The number of aliphatic hydroxyl groups excluding tert-OH is 1. The first kappa shape index (κ1) is 29.0. The van der Waals surface area contributed by atoms with Gasteiger partial charge in [0.1, 0.15) is 6.54 Å². The molecule has 41 heavy (non-hydrogen) atoms. The van der Waals surface area contributed by atoms with Gasteiger partial charge in [-0.3, -0.25) is 4.79 Å². The molecule has 3 aromatic carbocycles. The molecule has 214 valence electrons. The number of amides is 2. The van der Waals surface area contributed by atoms with Crippen LogP contribution >= 0.6 is 23.1 Å². The Bertz CT molecular complexity index is 1430. The van der Waals surface area contributed by atoms with Gasteiger partial charge in [0.15, 0.2) is 10.6 Å². The summed E-state index contributed by atoms with van der Waals surface area (Å²) in [6.45, 7) is 1.74. The number of hydrogen-bond acceptors (Lipinski definition) is 9. The Morgan fingerprint density at radius 1 is 1.05 bits per heavy atom. The molecular formula is C30H31N3O6S2. The van der Waals surface area contributed by atoms with Crippen LogP contribution in [-0.4, -0.2) is 47.1 Å². The van der Waals surface area contributed by atoms with Crippen LogP contribution in [0.4, 0.5) is 10.5 Å². The van der Waals surface area contributed by atoms with Crippen molar-refractivity contribution in [1.82, 2.24) is 10.3 Å². The fraction of sp³-hybridized carbons (Fsp3) is 0.300. The number of urea groups is 1. The number of rotatable bonds is 10. The van der Waals surface area contributed by atoms with Gasteiger partial charge in [-0.2, -0.15) is 0 Å². The van der Waals surface area contributed by atoms with Crippen LogP contribution in [-0.2, 0) is 25.6 Å². The summed E-state index contributed by atoms with van der Waals surface area (Å²) in [5.74, 6) is 0.214. The number of thiazole rings is 1. The van der Waals surface area contributed by atoms with Crippen molar-refractivity contribution >= 4 is 51.0 Å². The van der Waals surface area contributed by atoms with Crippen LogP contribution in [0.1, 0.15) is 42.4 Å². The number of nitrogens with one attached hydrogen (secondary N) is 2. The summed E-state index contributed by atoms with van der Waals surface area (Å²) in [5, 5.41) is 14.6. The van der Waals surface area contributed by atoms with Crippen LogP contribution in [0, 0.1) is 0 Å². The second-order valence-corrected chi connectivity index (χ2v) is 11.6. The summed E-state index contributed by atoms with van der Waals surface area (Å²) in [5.41, 5.74) is 4.23. The van der Waals surface area contributed by atoms with Gasteiger partial charge in [-0.1, -0.05) is 60.3 Å². The van der Waals surface area contributed by atoms with E-state index in [1.54, 1.807) is 42.2 Å². The van der Waals surface area contributed by atoms with Crippen LogP contribution in [0.25, 0.3) is 10.2 Å². The Morgan fingerprint density at radius 3 is 2.54 bits per heavy atom. The van der Waals surface area contributed by atoms with E-state index in [9.17, 15) is 14.7 Å². The fourth-order valence-corrected chi connectivity index (χ4v) is 6.48. The van der Waals surface area contributed by atoms with E-state index in [1.165, 1.54) is 0 Å². The molecule has 2 amide bonds. The summed E-state index contributed by atoms with van der Waals surface area (Å²) in [6.07, 6.45) is -0.236. The Balaban J connectivity index is 1.26. The van der Waals surface area contributed by atoms with Crippen molar-refractivity contribution < 1.29 is 28.9 Å². The molecule has 1 aromatic heterocycles. The van der Waals surface area contributed by atoms with Gasteiger partial charge in [0, 0.05) is 23.4 Å². The van der Waals surface area contributed by atoms with Gasteiger partial charge in [0.2, 0.25) is 0 Å². The molecule has 3 N–H and O–H groups in total. The number of para-hydroxylation sites is 1. The van der Waals surface area contributed by atoms with Gasteiger partial charge in [0.25, 0.3) is 0 Å². The number of aromatic nitrogens is 1. The number of nitrogens with zero attached hydrogens (tertiary/aromatic N) is 1. The van der Waals surface area contributed by atoms with Crippen molar-refractivity contribution in [2.24, 2.45) is 0 Å². The molecule has 0 aliphatic carbocycles. The maximum atomic E-state index is 12.1. The number of esters is 1. The molecule has 9 nitrogen and oxygen atoms in total. The van der Waals surface area contributed by atoms with Crippen molar-refractivity contribution in [3.05, 3.63) is 89.5 Å². The molecule has 3 atom stereocenters. The van der Waals surface area contributed by atoms with Gasteiger partial charge in [-0.25, -0.2) is 9.78 Å². The minimum atomic E-state index is -0.612. The van der Waals surface area contributed by atoms with Gasteiger partial charge >= 0.3 is 12.0 Å². The maximum Gasteiger partial charge on any atom is 0.325 e. The monoisotopic (exact) mass is 593 g/mol. The largest absolute Gasteiger partial charge is 0.465 e. The van der Waals surface area contributed by atoms with Crippen LogP contribution in [0.15, 0.2) is 77.1 Å². The van der Waals surface area contributed by atoms with E-state index in [4.69, 9.17) is 19.2 Å². The number of carbonyl (C=O) groups is 2. The molecule has 4 aromatic rings. The third-order valence-corrected chi connectivity index (χ3v) is 8.73. The highest BCUT2D eigenvalue weighted by Crippen LogP contribution is 2.40. The molecule has 1 fully saturated rings. The van der Waals surface area contributed by atoms with Crippen molar-refractivity contribution in [3.8, 4) is 0 Å². The number of fused-ring (bicyclic) bond motifs is 1. The number of hydrogen-bond donors (Lipinski definition) is 3. The van der Waals surface area contributed by atoms with Gasteiger partial charge in [-0.05, 0) is 42.3 Å². The van der Waals surface area contributed by atoms with E-state index in [1.807, 2.05) is 54.6 Å². The number of aliphatic hydroxyl groups is 1. The van der Waals surface area contributed by atoms with E-state index < -0.39 is 18.3 Å². The Kier molecular flexibility index (Phi) is 9.86. The minimum Gasteiger partial charge on any atom is -0.465 e. The molecule has 0 unspecified atom stereocenters. The Hall–Kier alpha value is -3.48. The van der Waals surface area contributed by atoms with Crippen molar-refractivity contribution in [1.29, 1.82) is 0 Å².